The fraction of sp³-hybridized carbons (Fsp3) is 0.263. The number of benzene rings is 2. The molecule has 7 heteroatoms. The highest BCUT2D eigenvalue weighted by atomic mass is 32.2. The van der Waals surface area contributed by atoms with Crippen molar-refractivity contribution in [2.75, 3.05) is 7.11 Å². The molecule has 0 bridgehead atoms. The zero-order valence-corrected chi connectivity index (χ0v) is 15.1. The van der Waals surface area contributed by atoms with Crippen LogP contribution in [0.2, 0.25) is 0 Å². The molecule has 0 saturated carbocycles. The number of rotatable bonds is 4. The smallest absolute Gasteiger partial charge is 0.240 e. The quantitative estimate of drug-likeness (QED) is 0.737. The minimum atomic E-state index is -3.62. The van der Waals surface area contributed by atoms with Gasteiger partial charge in [0.1, 0.15) is 11.6 Å². The number of halogens is 1. The van der Waals surface area contributed by atoms with Gasteiger partial charge in [-0.15, -0.1) is 0 Å². The van der Waals surface area contributed by atoms with Crippen LogP contribution in [0.5, 0.6) is 5.75 Å². The Balaban J connectivity index is 1.58. The van der Waals surface area contributed by atoms with Crippen LogP contribution in [0.25, 0.3) is 10.9 Å². The lowest BCUT2D eigenvalue weighted by Gasteiger charge is -2.23. The Bertz CT molecular complexity index is 1060. The molecule has 2 N–H and O–H groups in total. The Labute approximate surface area is 151 Å². The van der Waals surface area contributed by atoms with Crippen LogP contribution in [0.4, 0.5) is 4.39 Å². The molecule has 1 aliphatic rings. The van der Waals surface area contributed by atoms with Crippen molar-refractivity contribution in [1.29, 1.82) is 0 Å². The Morgan fingerprint density at radius 2 is 1.96 bits per heavy atom. The first-order valence-electron chi connectivity index (χ1n) is 8.41. The molecule has 1 atom stereocenters. The van der Waals surface area contributed by atoms with Crippen LogP contribution < -0.4 is 9.46 Å². The molecule has 0 amide bonds. The van der Waals surface area contributed by atoms with Crippen LogP contribution in [0.3, 0.4) is 0 Å². The molecule has 1 heterocycles. The van der Waals surface area contributed by atoms with E-state index in [0.717, 1.165) is 28.6 Å². The summed E-state index contributed by atoms with van der Waals surface area (Å²) in [6.07, 6.45) is 1.95. The van der Waals surface area contributed by atoms with Gasteiger partial charge in [0.2, 0.25) is 10.0 Å². The molecule has 0 saturated heterocycles. The zero-order chi connectivity index (χ0) is 18.3. The first-order valence-corrected chi connectivity index (χ1v) is 9.90. The van der Waals surface area contributed by atoms with Crippen LogP contribution in [-0.2, 0) is 22.9 Å². The van der Waals surface area contributed by atoms with Gasteiger partial charge in [-0.25, -0.2) is 17.5 Å². The molecule has 1 unspecified atom stereocenters. The van der Waals surface area contributed by atoms with Gasteiger partial charge in [0, 0.05) is 22.6 Å². The van der Waals surface area contributed by atoms with E-state index < -0.39 is 10.0 Å². The highest BCUT2D eigenvalue weighted by molar-refractivity contribution is 7.89. The lowest BCUT2D eigenvalue weighted by atomic mass is 9.92. The molecule has 1 aliphatic carbocycles. The molecule has 0 fully saturated rings. The molecule has 136 valence electrons. The average molecular weight is 374 g/mol. The third kappa shape index (κ3) is 3.08. The van der Waals surface area contributed by atoms with Crippen LogP contribution in [0.15, 0.2) is 47.4 Å². The van der Waals surface area contributed by atoms with Crippen molar-refractivity contribution < 1.29 is 17.5 Å². The van der Waals surface area contributed by atoms with E-state index in [1.807, 2.05) is 0 Å². The SMILES string of the molecule is COc1ccc(S(=O)(=O)NC2CCc3[nH]c4ccc(F)cc4c3C2)cc1. The summed E-state index contributed by atoms with van der Waals surface area (Å²) >= 11 is 0. The summed E-state index contributed by atoms with van der Waals surface area (Å²) in [5.74, 6) is 0.312. The van der Waals surface area contributed by atoms with E-state index >= 15 is 0 Å². The Hall–Kier alpha value is -2.38. The van der Waals surface area contributed by atoms with E-state index in [1.165, 1.54) is 31.4 Å². The van der Waals surface area contributed by atoms with E-state index in [4.69, 9.17) is 4.74 Å². The molecule has 0 radical (unpaired) electrons. The lowest BCUT2D eigenvalue weighted by molar-refractivity contribution is 0.414. The Morgan fingerprint density at radius 3 is 2.69 bits per heavy atom. The van der Waals surface area contributed by atoms with Crippen molar-refractivity contribution >= 4 is 20.9 Å². The molecule has 2 aromatic carbocycles. The monoisotopic (exact) mass is 374 g/mol. The molecule has 4 rings (SSSR count). The normalized spacial score (nSPS) is 17.2. The Kier molecular flexibility index (Phi) is 4.20. The third-order valence-corrected chi connectivity index (χ3v) is 6.38. The molecule has 3 aromatic rings. The molecular weight excluding hydrogens is 355 g/mol. The van der Waals surface area contributed by atoms with Gasteiger partial charge in [0.15, 0.2) is 0 Å². The second-order valence-electron chi connectivity index (χ2n) is 6.51. The number of hydrogen-bond acceptors (Lipinski definition) is 3. The molecule has 0 spiro atoms. The number of aromatic nitrogens is 1. The topological polar surface area (TPSA) is 71.2 Å². The number of nitrogens with one attached hydrogen (secondary N) is 2. The van der Waals surface area contributed by atoms with Crippen molar-refractivity contribution in [3.8, 4) is 5.75 Å². The minimum absolute atomic E-state index is 0.203. The molecule has 0 aliphatic heterocycles. The summed E-state index contributed by atoms with van der Waals surface area (Å²) in [7, 11) is -2.09. The predicted molar refractivity (Wildman–Crippen MR) is 97.4 cm³/mol. The maximum atomic E-state index is 13.6. The van der Waals surface area contributed by atoms with E-state index in [2.05, 4.69) is 9.71 Å². The van der Waals surface area contributed by atoms with Crippen LogP contribution in [0, 0.1) is 5.82 Å². The maximum Gasteiger partial charge on any atom is 0.240 e. The lowest BCUT2D eigenvalue weighted by Crippen LogP contribution is -2.38. The summed E-state index contributed by atoms with van der Waals surface area (Å²) in [6, 6.07) is 10.7. The van der Waals surface area contributed by atoms with Crippen molar-refractivity contribution in [3.05, 3.63) is 59.5 Å². The minimum Gasteiger partial charge on any atom is -0.497 e. The van der Waals surface area contributed by atoms with Gasteiger partial charge in [-0.1, -0.05) is 0 Å². The van der Waals surface area contributed by atoms with Crippen molar-refractivity contribution in [3.63, 3.8) is 0 Å². The van der Waals surface area contributed by atoms with Crippen LogP contribution in [-0.4, -0.2) is 26.6 Å². The first-order chi connectivity index (χ1) is 12.5. The summed E-state index contributed by atoms with van der Waals surface area (Å²) in [5, 5.41) is 0.827. The number of aromatic amines is 1. The van der Waals surface area contributed by atoms with Gasteiger partial charge in [-0.05, 0) is 67.3 Å². The van der Waals surface area contributed by atoms with Crippen molar-refractivity contribution in [2.24, 2.45) is 0 Å². The van der Waals surface area contributed by atoms with E-state index in [-0.39, 0.29) is 16.8 Å². The van der Waals surface area contributed by atoms with Gasteiger partial charge < -0.3 is 9.72 Å². The standard InChI is InChI=1S/C19H19FN2O3S/c1-25-14-4-6-15(7-5-14)26(23,24)22-13-3-9-19-17(11-13)16-10-12(20)2-8-18(16)21-19/h2,4-8,10,13,21-22H,3,9,11H2,1H3. The van der Waals surface area contributed by atoms with E-state index in [1.54, 1.807) is 18.2 Å². The van der Waals surface area contributed by atoms with Gasteiger partial charge in [0.25, 0.3) is 0 Å². The Morgan fingerprint density at radius 1 is 1.19 bits per heavy atom. The van der Waals surface area contributed by atoms with Crippen molar-refractivity contribution in [1.82, 2.24) is 9.71 Å². The van der Waals surface area contributed by atoms with Gasteiger partial charge in [-0.3, -0.25) is 0 Å². The summed E-state index contributed by atoms with van der Waals surface area (Å²) in [6.45, 7) is 0. The number of fused-ring (bicyclic) bond motifs is 3. The predicted octanol–water partition coefficient (Wildman–Crippen LogP) is 3.15. The summed E-state index contributed by atoms with van der Waals surface area (Å²) < 4.78 is 46.7. The maximum absolute atomic E-state index is 13.6. The van der Waals surface area contributed by atoms with Gasteiger partial charge in [-0.2, -0.15) is 0 Å². The molecular formula is C19H19FN2O3S. The number of ether oxygens (including phenoxy) is 1. The second kappa shape index (κ2) is 6.41. The largest absolute Gasteiger partial charge is 0.497 e. The highest BCUT2D eigenvalue weighted by Gasteiger charge is 2.27. The molecule has 5 nitrogen and oxygen atoms in total. The fourth-order valence-corrected chi connectivity index (χ4v) is 4.80. The number of methoxy groups -OCH3 is 1. The van der Waals surface area contributed by atoms with E-state index in [9.17, 15) is 12.8 Å². The van der Waals surface area contributed by atoms with Gasteiger partial charge >= 0.3 is 0 Å². The fourth-order valence-electron chi connectivity index (χ4n) is 3.53. The van der Waals surface area contributed by atoms with Crippen molar-refractivity contribution in [2.45, 2.75) is 30.2 Å². The summed E-state index contributed by atoms with van der Waals surface area (Å²) in [5.41, 5.74) is 2.94. The van der Waals surface area contributed by atoms with Crippen LogP contribution in [0.1, 0.15) is 17.7 Å². The third-order valence-electron chi connectivity index (χ3n) is 4.84. The number of aryl methyl sites for hydroxylation is 1. The second-order valence-corrected chi connectivity index (χ2v) is 8.22. The average Bonchev–Trinajstić information content (AvgIpc) is 2.99. The highest BCUT2D eigenvalue weighted by Crippen LogP contribution is 2.30. The number of hydrogen-bond donors (Lipinski definition) is 2. The zero-order valence-electron chi connectivity index (χ0n) is 14.3. The first kappa shape index (κ1) is 17.1. The summed E-state index contributed by atoms with van der Waals surface area (Å²) in [4.78, 5) is 3.52. The number of sulfonamides is 1. The van der Waals surface area contributed by atoms with E-state index in [0.29, 0.717) is 18.6 Å². The van der Waals surface area contributed by atoms with Crippen LogP contribution >= 0.6 is 0 Å². The molecule has 1 aromatic heterocycles. The van der Waals surface area contributed by atoms with Gasteiger partial charge in [0.05, 0.1) is 12.0 Å². The molecule has 26 heavy (non-hydrogen) atoms. The number of H-pyrrole nitrogens is 1.